The summed E-state index contributed by atoms with van der Waals surface area (Å²) in [5.74, 6) is 0. The van der Waals surface area contributed by atoms with Gasteiger partial charge in [-0.15, -0.1) is 40.1 Å². The van der Waals surface area contributed by atoms with Gasteiger partial charge in [0.1, 0.15) is 0 Å². The van der Waals surface area contributed by atoms with Gasteiger partial charge in [-0.05, 0) is 40.4 Å². The van der Waals surface area contributed by atoms with E-state index in [9.17, 15) is 0 Å². The first-order valence-electron chi connectivity index (χ1n) is 16.1. The Kier molecular flexibility index (Phi) is 12.7. The Bertz CT molecular complexity index is 1640. The Morgan fingerprint density at radius 2 is 1.38 bits per heavy atom. The Balaban J connectivity index is 0.000000236. The maximum Gasteiger partial charge on any atom is 0.0920 e. The van der Waals surface area contributed by atoms with Crippen molar-refractivity contribution in [2.45, 2.75) is 91.9 Å². The molecular formula is C41H46Cl2SiZr. The average Bonchev–Trinajstić information content (AvgIpc) is 3.58. The average molecular weight is 729 g/mol. The van der Waals surface area contributed by atoms with Crippen LogP contribution in [0.3, 0.4) is 0 Å². The van der Waals surface area contributed by atoms with Crippen LogP contribution >= 0.6 is 17.0 Å². The van der Waals surface area contributed by atoms with E-state index >= 15 is 0 Å². The maximum atomic E-state index is 4.93. The number of aryl methyl sites for hydroxylation is 2. The Morgan fingerprint density at radius 1 is 0.756 bits per heavy atom. The van der Waals surface area contributed by atoms with Crippen LogP contribution in [0.15, 0.2) is 84.9 Å². The second-order valence-electron chi connectivity index (χ2n) is 14.0. The zero-order chi connectivity index (χ0) is 32.8. The van der Waals surface area contributed by atoms with E-state index in [-0.39, 0.29) is 10.8 Å². The third-order valence-corrected chi connectivity index (χ3v) is 9.75. The molecule has 4 heteroatoms. The normalized spacial score (nSPS) is 12.0. The second kappa shape index (κ2) is 15.8. The van der Waals surface area contributed by atoms with E-state index in [2.05, 4.69) is 140 Å². The minimum atomic E-state index is -0.826. The van der Waals surface area contributed by atoms with Gasteiger partial charge in [-0.3, -0.25) is 0 Å². The van der Waals surface area contributed by atoms with E-state index in [0.29, 0.717) is 0 Å². The molecule has 0 saturated carbocycles. The van der Waals surface area contributed by atoms with Crippen LogP contribution in [0.2, 0.25) is 0 Å². The van der Waals surface area contributed by atoms with Crippen LogP contribution in [0.1, 0.15) is 90.5 Å². The van der Waals surface area contributed by atoms with E-state index < -0.39 is 20.8 Å². The number of fused-ring (bicyclic) bond motifs is 4. The first-order valence-corrected chi connectivity index (χ1v) is 23.4. The molecule has 0 aromatic heterocycles. The Labute approximate surface area is 293 Å². The largest absolute Gasteiger partial charge is 0.184 e. The molecule has 0 atom stereocenters. The predicted molar refractivity (Wildman–Crippen MR) is 198 cm³/mol. The van der Waals surface area contributed by atoms with Crippen LogP contribution < -0.4 is 10.4 Å². The molecule has 45 heavy (non-hydrogen) atoms. The first-order chi connectivity index (χ1) is 21.4. The number of benzene rings is 4. The third kappa shape index (κ3) is 8.96. The third-order valence-electron chi connectivity index (χ3n) is 8.38. The minimum absolute atomic E-state index is 0.133. The summed E-state index contributed by atoms with van der Waals surface area (Å²) in [6.07, 6.45) is 4.66. The van der Waals surface area contributed by atoms with E-state index in [1.807, 2.05) is 6.07 Å². The van der Waals surface area contributed by atoms with Gasteiger partial charge < -0.3 is 0 Å². The van der Waals surface area contributed by atoms with Crippen LogP contribution in [0.4, 0.5) is 0 Å². The molecule has 5 aromatic carbocycles. The first kappa shape index (κ1) is 36.0. The predicted octanol–water partition coefficient (Wildman–Crippen LogP) is 11.2. The van der Waals surface area contributed by atoms with Crippen molar-refractivity contribution in [1.82, 2.24) is 0 Å². The number of halogens is 2. The summed E-state index contributed by atoms with van der Waals surface area (Å²) in [5, 5.41) is 5.65. The van der Waals surface area contributed by atoms with Crippen molar-refractivity contribution in [2.75, 3.05) is 0 Å². The topological polar surface area (TPSA) is 0 Å². The van der Waals surface area contributed by atoms with Crippen molar-refractivity contribution in [3.63, 3.8) is 0 Å². The van der Waals surface area contributed by atoms with Crippen LogP contribution in [-0.4, -0.2) is 9.52 Å². The molecule has 0 amide bonds. The van der Waals surface area contributed by atoms with Crippen molar-refractivity contribution in [3.05, 3.63) is 113 Å². The molecule has 1 aliphatic rings. The van der Waals surface area contributed by atoms with Gasteiger partial charge in [0.25, 0.3) is 0 Å². The molecule has 1 aliphatic heterocycles. The Morgan fingerprint density at radius 3 is 2.00 bits per heavy atom. The molecule has 0 saturated heterocycles. The maximum absolute atomic E-state index is 4.93. The fourth-order valence-corrected chi connectivity index (χ4v) is 7.31. The summed E-state index contributed by atoms with van der Waals surface area (Å²) in [5.41, 5.74) is 11.7. The van der Waals surface area contributed by atoms with E-state index in [4.69, 9.17) is 17.0 Å². The molecule has 0 bridgehead atoms. The van der Waals surface area contributed by atoms with Gasteiger partial charge in [0.05, 0.1) is 9.52 Å². The molecule has 0 aliphatic carbocycles. The Hall–Kier alpha value is -1.83. The number of rotatable bonds is 5. The van der Waals surface area contributed by atoms with Crippen LogP contribution in [0.5, 0.6) is 0 Å². The van der Waals surface area contributed by atoms with Gasteiger partial charge in [-0.2, -0.15) is 35.5 Å². The molecule has 5 aromatic rings. The molecule has 0 unspecified atom stereocenters. The fourth-order valence-electron chi connectivity index (χ4n) is 6.00. The smallest absolute Gasteiger partial charge is 0.0920 e. The van der Waals surface area contributed by atoms with Gasteiger partial charge >= 0.3 is 37.9 Å². The van der Waals surface area contributed by atoms with Gasteiger partial charge in [0, 0.05) is 0 Å². The molecule has 0 nitrogen and oxygen atoms in total. The van der Waals surface area contributed by atoms with Crippen molar-refractivity contribution in [2.24, 2.45) is 0 Å². The quantitative estimate of drug-likeness (QED) is 0.122. The molecule has 1 heterocycles. The van der Waals surface area contributed by atoms with Gasteiger partial charge in [0.2, 0.25) is 0 Å². The number of hydrogen-bond donors (Lipinski definition) is 0. The van der Waals surface area contributed by atoms with Gasteiger partial charge in [-0.1, -0.05) is 133 Å². The van der Waals surface area contributed by atoms with Crippen molar-refractivity contribution >= 4 is 47.7 Å². The zero-order valence-corrected chi connectivity index (χ0v) is 33.1. The standard InChI is InChI=1S/C29H39.C12H7Si.2ClH.Zr/c1-9-11-20-15-22-14-13-21(12-10-2)27(26(22)16-20)23-17-24(28(3,4)5)19-25(18-23)29(6,7)8;1-3-7-11-9(5-1)10-6-2-4-8-12(10)13-11;;;/h13-19H,9-12H2,1-8H3;1-7H;2*1H;/q2*-1;;;+4/p-2. The van der Waals surface area contributed by atoms with Crippen molar-refractivity contribution in [1.29, 1.82) is 0 Å². The zero-order valence-electron chi connectivity index (χ0n) is 28.2. The van der Waals surface area contributed by atoms with E-state index in [1.54, 1.807) is 0 Å². The molecule has 0 spiro atoms. The molecule has 0 fully saturated rings. The molecular weight excluding hydrogens is 683 g/mol. The van der Waals surface area contributed by atoms with Crippen molar-refractivity contribution in [3.8, 4) is 22.3 Å². The second-order valence-corrected chi connectivity index (χ2v) is 19.0. The SMILES string of the molecule is CCCc1cc2c(-c3cc(C(C)(C)C)cc(C(C)(C)C)c3)c(CCC)ccc2[cH-]1.[Cl][Zr+2][Cl].[c-]1cccc2c1[Si]c1ccccc1-2. The van der Waals surface area contributed by atoms with Gasteiger partial charge in [-0.25, -0.2) is 0 Å². The minimum Gasteiger partial charge on any atom is -0.184 e. The molecule has 2 radical (unpaired) electrons. The summed E-state index contributed by atoms with van der Waals surface area (Å²) >= 11 is -0.826. The monoisotopic (exact) mass is 726 g/mol. The van der Waals surface area contributed by atoms with E-state index in [0.717, 1.165) is 22.4 Å². The van der Waals surface area contributed by atoms with Crippen LogP contribution in [-0.2, 0) is 44.5 Å². The molecule has 0 N–H and O–H groups in total. The summed E-state index contributed by atoms with van der Waals surface area (Å²) in [6.45, 7) is 18.5. The molecule has 232 valence electrons. The van der Waals surface area contributed by atoms with Crippen LogP contribution in [0, 0.1) is 6.07 Å². The van der Waals surface area contributed by atoms with Gasteiger partial charge in [0.15, 0.2) is 0 Å². The van der Waals surface area contributed by atoms with E-state index in [1.165, 1.54) is 78.5 Å². The fraction of sp³-hybridized carbons (Fsp3) is 0.341. The number of hydrogen-bond acceptors (Lipinski definition) is 0. The summed E-state index contributed by atoms with van der Waals surface area (Å²) < 4.78 is 0. The summed E-state index contributed by atoms with van der Waals surface area (Å²) in [6, 6.07) is 35.1. The summed E-state index contributed by atoms with van der Waals surface area (Å²) in [7, 11) is 10.7. The summed E-state index contributed by atoms with van der Waals surface area (Å²) in [4.78, 5) is 0. The van der Waals surface area contributed by atoms with Crippen molar-refractivity contribution < 1.29 is 20.8 Å². The van der Waals surface area contributed by atoms with Crippen LogP contribution in [0.25, 0.3) is 33.0 Å². The molecule has 6 rings (SSSR count).